The van der Waals surface area contributed by atoms with Gasteiger partial charge in [0.25, 0.3) is 0 Å². The molecular weight excluding hydrogens is 342 g/mol. The van der Waals surface area contributed by atoms with Crippen molar-refractivity contribution in [3.8, 4) is 6.07 Å². The number of aryl methyl sites for hydroxylation is 1. The van der Waals surface area contributed by atoms with E-state index in [4.69, 9.17) is 5.26 Å². The van der Waals surface area contributed by atoms with Crippen LogP contribution in [0.2, 0.25) is 0 Å². The van der Waals surface area contributed by atoms with Crippen LogP contribution in [0.4, 0.5) is 0 Å². The summed E-state index contributed by atoms with van der Waals surface area (Å²) in [7, 11) is -3.55. The Kier molecular flexibility index (Phi) is 3.63. The van der Waals surface area contributed by atoms with Gasteiger partial charge in [0, 0.05) is 30.6 Å². The van der Waals surface area contributed by atoms with Crippen molar-refractivity contribution >= 4 is 32.1 Å². The molecule has 1 atom stereocenters. The first-order valence-electron chi connectivity index (χ1n) is 7.82. The number of hydrogen-bond acceptors (Lipinski definition) is 7. The van der Waals surface area contributed by atoms with Crippen molar-refractivity contribution in [2.24, 2.45) is 0 Å². The number of aromatic nitrogens is 5. The fourth-order valence-electron chi connectivity index (χ4n) is 3.32. The highest BCUT2D eigenvalue weighted by Gasteiger charge is 2.34. The third-order valence-corrected chi connectivity index (χ3v) is 6.06. The summed E-state index contributed by atoms with van der Waals surface area (Å²) >= 11 is 0. The largest absolute Gasteiger partial charge is 0.345 e. The van der Waals surface area contributed by atoms with Crippen molar-refractivity contribution in [3.05, 3.63) is 23.8 Å². The van der Waals surface area contributed by atoms with Crippen molar-refractivity contribution in [3.63, 3.8) is 0 Å². The number of aromatic amines is 1. The van der Waals surface area contributed by atoms with Crippen molar-refractivity contribution in [2.45, 2.75) is 19.3 Å². The van der Waals surface area contributed by atoms with Gasteiger partial charge in [0.2, 0.25) is 10.0 Å². The van der Waals surface area contributed by atoms with E-state index in [0.29, 0.717) is 36.6 Å². The summed E-state index contributed by atoms with van der Waals surface area (Å²) < 4.78 is 25.7. The van der Waals surface area contributed by atoms with Crippen molar-refractivity contribution in [1.29, 1.82) is 5.26 Å². The molecule has 0 bridgehead atoms. The summed E-state index contributed by atoms with van der Waals surface area (Å²) in [5, 5.41) is 18.7. The van der Waals surface area contributed by atoms with Gasteiger partial charge in [-0.3, -0.25) is 0 Å². The van der Waals surface area contributed by atoms with Crippen LogP contribution in [0.5, 0.6) is 0 Å². The number of nitrogens with one attached hydrogen (secondary N) is 1. The van der Waals surface area contributed by atoms with Crippen LogP contribution >= 0.6 is 0 Å². The third-order valence-electron chi connectivity index (χ3n) is 4.45. The van der Waals surface area contributed by atoms with E-state index < -0.39 is 15.8 Å². The van der Waals surface area contributed by atoms with E-state index in [2.05, 4.69) is 25.1 Å². The number of fused-ring (bicyclic) bond motifs is 3. The van der Waals surface area contributed by atoms with E-state index in [-0.39, 0.29) is 5.92 Å². The number of nitriles is 1. The summed E-state index contributed by atoms with van der Waals surface area (Å²) in [5.74, 6) is 0.00144. The molecule has 1 saturated heterocycles. The minimum Gasteiger partial charge on any atom is -0.345 e. The second-order valence-corrected chi connectivity index (χ2v) is 8.02. The van der Waals surface area contributed by atoms with Crippen LogP contribution < -0.4 is 0 Å². The Labute approximate surface area is 143 Å². The fraction of sp³-hybridized carbons (Fsp3) is 0.400. The van der Waals surface area contributed by atoms with Gasteiger partial charge in [-0.2, -0.15) is 5.26 Å². The molecule has 0 aliphatic carbocycles. The first-order chi connectivity index (χ1) is 12.0. The quantitative estimate of drug-likeness (QED) is 0.735. The van der Waals surface area contributed by atoms with Gasteiger partial charge in [0.05, 0.1) is 17.1 Å². The van der Waals surface area contributed by atoms with Gasteiger partial charge in [-0.1, -0.05) is 0 Å². The molecule has 0 aromatic carbocycles. The third kappa shape index (κ3) is 2.61. The van der Waals surface area contributed by atoms with Gasteiger partial charge in [-0.25, -0.2) is 22.7 Å². The average Bonchev–Trinajstić information content (AvgIpc) is 3.23. The molecule has 0 saturated carbocycles. The highest BCUT2D eigenvalue weighted by molar-refractivity contribution is 7.89. The molecule has 0 radical (unpaired) electrons. The van der Waals surface area contributed by atoms with Gasteiger partial charge in [-0.15, -0.1) is 10.2 Å². The molecule has 3 aromatic heterocycles. The lowest BCUT2D eigenvalue weighted by Crippen LogP contribution is -2.30. The van der Waals surface area contributed by atoms with Crippen LogP contribution in [-0.4, -0.2) is 56.7 Å². The van der Waals surface area contributed by atoms with E-state index in [0.717, 1.165) is 16.5 Å². The average molecular weight is 357 g/mol. The van der Waals surface area contributed by atoms with Gasteiger partial charge in [-0.05, 0) is 19.4 Å². The Bertz CT molecular complexity index is 1120. The van der Waals surface area contributed by atoms with E-state index in [1.807, 2.05) is 6.07 Å². The molecule has 128 valence electrons. The summed E-state index contributed by atoms with van der Waals surface area (Å²) in [4.78, 5) is 12.0. The maximum absolute atomic E-state index is 12.2. The Morgan fingerprint density at radius 3 is 3.04 bits per heavy atom. The molecule has 4 heterocycles. The Balaban J connectivity index is 1.82. The molecule has 4 rings (SSSR count). The summed E-state index contributed by atoms with van der Waals surface area (Å²) in [6, 6.07) is 3.62. The molecule has 1 aliphatic heterocycles. The topological polar surface area (TPSA) is 129 Å². The zero-order valence-corrected chi connectivity index (χ0v) is 14.3. The molecule has 1 unspecified atom stereocenters. The number of rotatable bonds is 3. The van der Waals surface area contributed by atoms with Crippen molar-refractivity contribution < 1.29 is 8.42 Å². The highest BCUT2D eigenvalue weighted by atomic mass is 32.2. The van der Waals surface area contributed by atoms with Crippen molar-refractivity contribution in [2.75, 3.05) is 18.8 Å². The minimum absolute atomic E-state index is 0.0695. The smallest absolute Gasteiger partial charge is 0.227 e. The van der Waals surface area contributed by atoms with Crippen LogP contribution in [0.25, 0.3) is 22.1 Å². The van der Waals surface area contributed by atoms with E-state index in [1.165, 1.54) is 4.31 Å². The lowest BCUT2D eigenvalue weighted by Gasteiger charge is -2.15. The normalized spacial score (nSPS) is 18.8. The number of nitrogens with zero attached hydrogens (tertiary/aromatic N) is 6. The van der Waals surface area contributed by atoms with Crippen LogP contribution in [0, 0.1) is 18.3 Å². The van der Waals surface area contributed by atoms with Crippen LogP contribution in [0.15, 0.2) is 12.3 Å². The molecule has 9 nitrogen and oxygen atoms in total. The lowest BCUT2D eigenvalue weighted by molar-refractivity contribution is 0.475. The second-order valence-electron chi connectivity index (χ2n) is 6.05. The molecule has 10 heteroatoms. The number of H-pyrrole nitrogens is 1. The Morgan fingerprint density at radius 2 is 2.24 bits per heavy atom. The molecular formula is C15H15N7O2S. The first kappa shape index (κ1) is 15.9. The fourth-order valence-corrected chi connectivity index (χ4v) is 4.46. The molecule has 1 fully saturated rings. The zero-order chi connectivity index (χ0) is 17.6. The minimum atomic E-state index is -3.55. The predicted octanol–water partition coefficient (Wildman–Crippen LogP) is 0.852. The van der Waals surface area contributed by atoms with Crippen LogP contribution in [0.3, 0.4) is 0 Å². The Morgan fingerprint density at radius 1 is 1.40 bits per heavy atom. The maximum Gasteiger partial charge on any atom is 0.227 e. The Hall–Kier alpha value is -2.64. The van der Waals surface area contributed by atoms with Gasteiger partial charge >= 0.3 is 0 Å². The van der Waals surface area contributed by atoms with E-state index in [9.17, 15) is 8.42 Å². The van der Waals surface area contributed by atoms with E-state index in [1.54, 1.807) is 19.2 Å². The number of sulfonamides is 1. The lowest BCUT2D eigenvalue weighted by atomic mass is 10.00. The molecule has 1 N–H and O–H groups in total. The number of hydrogen-bond donors (Lipinski definition) is 1. The van der Waals surface area contributed by atoms with Crippen LogP contribution in [0.1, 0.15) is 23.9 Å². The first-order valence-corrected chi connectivity index (χ1v) is 9.43. The molecule has 0 amide bonds. The zero-order valence-electron chi connectivity index (χ0n) is 13.5. The highest BCUT2D eigenvalue weighted by Crippen LogP contribution is 2.34. The SMILES string of the molecule is Cc1nc(C2CCN(S(=O)(=O)CC#N)C2)c2c(nnc3[nH]ccc32)n1. The second kappa shape index (κ2) is 5.72. The van der Waals surface area contributed by atoms with Crippen molar-refractivity contribution in [1.82, 2.24) is 29.5 Å². The summed E-state index contributed by atoms with van der Waals surface area (Å²) in [5.41, 5.74) is 1.94. The summed E-state index contributed by atoms with van der Waals surface area (Å²) in [6.07, 6.45) is 2.42. The monoisotopic (exact) mass is 357 g/mol. The molecule has 25 heavy (non-hydrogen) atoms. The van der Waals surface area contributed by atoms with Gasteiger partial charge in [0.1, 0.15) is 5.82 Å². The maximum atomic E-state index is 12.2. The standard InChI is InChI=1S/C15H15N7O2S/c1-9-18-13(10-3-6-22(8-10)25(23,24)7-4-16)12-11-2-5-17-14(11)20-21-15(12)19-9/h2,5,10H,3,6-8H2,1H3,(H,17,20). The molecule has 1 aliphatic rings. The van der Waals surface area contributed by atoms with Gasteiger partial charge in [0.15, 0.2) is 17.0 Å². The van der Waals surface area contributed by atoms with E-state index >= 15 is 0 Å². The van der Waals surface area contributed by atoms with Gasteiger partial charge < -0.3 is 4.98 Å². The molecule has 0 spiro atoms. The molecule has 3 aromatic rings. The predicted molar refractivity (Wildman–Crippen MR) is 90.1 cm³/mol. The summed E-state index contributed by atoms with van der Waals surface area (Å²) in [6.45, 7) is 2.48. The van der Waals surface area contributed by atoms with Crippen LogP contribution in [-0.2, 0) is 10.0 Å².